The zero-order chi connectivity index (χ0) is 27.0. The Balaban J connectivity index is 1.65. The lowest BCUT2D eigenvalue weighted by Crippen LogP contribution is -2.47. The molecule has 2 aromatic carbocycles. The predicted octanol–water partition coefficient (Wildman–Crippen LogP) is 4.08. The molecule has 0 radical (unpaired) electrons. The number of hydrogen-bond donors (Lipinski definition) is 2. The topological polar surface area (TPSA) is 97.0 Å². The molecule has 1 aliphatic rings. The molecule has 0 aliphatic carbocycles. The second-order valence-corrected chi connectivity index (χ2v) is 10.2. The van der Waals surface area contributed by atoms with Crippen molar-refractivity contribution in [3.63, 3.8) is 0 Å². The second-order valence-electron chi connectivity index (χ2n) is 10.2. The van der Waals surface area contributed by atoms with Gasteiger partial charge in [0.05, 0.1) is 7.11 Å². The summed E-state index contributed by atoms with van der Waals surface area (Å²) in [4.78, 5) is 40.1. The van der Waals surface area contributed by atoms with E-state index in [1.807, 2.05) is 0 Å². The van der Waals surface area contributed by atoms with Gasteiger partial charge in [-0.1, -0.05) is 24.3 Å². The third-order valence-corrected chi connectivity index (χ3v) is 6.09. The number of nitrogens with zero attached hydrogens (tertiary/aromatic N) is 1. The first-order valence-corrected chi connectivity index (χ1v) is 12.5. The summed E-state index contributed by atoms with van der Waals surface area (Å²) >= 11 is 0. The van der Waals surface area contributed by atoms with E-state index < -0.39 is 23.6 Å². The van der Waals surface area contributed by atoms with Crippen molar-refractivity contribution in [1.82, 2.24) is 15.5 Å². The molecule has 0 bridgehead atoms. The maximum Gasteiger partial charge on any atom is 0.407 e. The van der Waals surface area contributed by atoms with Crippen molar-refractivity contribution in [3.05, 3.63) is 65.5 Å². The number of carbonyl (C=O) groups is 3. The van der Waals surface area contributed by atoms with Gasteiger partial charge in [-0.3, -0.25) is 9.59 Å². The Morgan fingerprint density at radius 2 is 1.89 bits per heavy atom. The quantitative estimate of drug-likeness (QED) is 0.527. The van der Waals surface area contributed by atoms with E-state index in [2.05, 4.69) is 10.6 Å². The Kier molecular flexibility index (Phi) is 9.49. The van der Waals surface area contributed by atoms with Gasteiger partial charge in [-0.15, -0.1) is 0 Å². The highest BCUT2D eigenvalue weighted by atomic mass is 19.1. The highest BCUT2D eigenvalue weighted by Gasteiger charge is 2.31. The number of carbonyl (C=O) groups excluding carboxylic acids is 3. The number of nitrogens with one attached hydrogen (secondary N) is 2. The zero-order valence-electron chi connectivity index (χ0n) is 21.9. The van der Waals surface area contributed by atoms with Crippen molar-refractivity contribution in [3.8, 4) is 5.75 Å². The third-order valence-electron chi connectivity index (χ3n) is 6.09. The standard InChI is InChI=1S/C28H36FN3O5/c1-28(2,3)37-27(35)31-21(15-19-9-5-6-13-24(19)29)17-25(33)32-14-8-11-22(32)18-30-26(34)20-10-7-12-23(16-20)36-4/h5-7,9-10,12-13,16,21-22H,8,11,14-15,17-18H2,1-4H3,(H,30,34)(H,31,35)/t21-,22+/m1/s1. The molecule has 3 amide bonds. The van der Waals surface area contributed by atoms with Crippen molar-refractivity contribution in [2.45, 2.75) is 64.1 Å². The monoisotopic (exact) mass is 513 g/mol. The van der Waals surface area contributed by atoms with Crippen LogP contribution in [0.15, 0.2) is 48.5 Å². The molecule has 0 saturated carbocycles. The van der Waals surface area contributed by atoms with E-state index >= 15 is 0 Å². The molecule has 2 aromatic rings. The minimum absolute atomic E-state index is 0.0199. The average molecular weight is 514 g/mol. The molecule has 2 atom stereocenters. The normalized spacial score (nSPS) is 16.1. The van der Waals surface area contributed by atoms with E-state index in [9.17, 15) is 18.8 Å². The summed E-state index contributed by atoms with van der Waals surface area (Å²) in [6, 6.07) is 12.3. The molecule has 0 aromatic heterocycles. The Morgan fingerprint density at radius 3 is 2.59 bits per heavy atom. The number of hydrogen-bond acceptors (Lipinski definition) is 5. The summed E-state index contributed by atoms with van der Waals surface area (Å²) in [6.07, 6.45) is 1.02. The molecule has 1 fully saturated rings. The van der Waals surface area contributed by atoms with E-state index in [-0.39, 0.29) is 30.7 Å². The van der Waals surface area contributed by atoms with Crippen LogP contribution in [-0.4, -0.2) is 60.7 Å². The first-order chi connectivity index (χ1) is 17.6. The highest BCUT2D eigenvalue weighted by molar-refractivity contribution is 5.94. The molecule has 2 N–H and O–H groups in total. The van der Waals surface area contributed by atoms with Crippen molar-refractivity contribution < 1.29 is 28.2 Å². The number of alkyl carbamates (subject to hydrolysis) is 1. The van der Waals surface area contributed by atoms with Crippen LogP contribution in [0, 0.1) is 5.82 Å². The molecule has 1 saturated heterocycles. The van der Waals surface area contributed by atoms with Crippen LogP contribution in [0.5, 0.6) is 5.75 Å². The number of benzene rings is 2. The van der Waals surface area contributed by atoms with Gasteiger partial charge in [0.15, 0.2) is 0 Å². The van der Waals surface area contributed by atoms with Crippen LogP contribution in [-0.2, 0) is 16.0 Å². The fourth-order valence-corrected chi connectivity index (χ4v) is 4.36. The molecule has 200 valence electrons. The lowest BCUT2D eigenvalue weighted by molar-refractivity contribution is -0.132. The largest absolute Gasteiger partial charge is 0.497 e. The summed E-state index contributed by atoms with van der Waals surface area (Å²) in [5, 5.41) is 5.65. The van der Waals surface area contributed by atoms with Crippen LogP contribution in [0.25, 0.3) is 0 Å². The van der Waals surface area contributed by atoms with E-state index in [4.69, 9.17) is 9.47 Å². The minimum atomic E-state index is -0.711. The van der Waals surface area contributed by atoms with Crippen molar-refractivity contribution in [2.24, 2.45) is 0 Å². The number of likely N-dealkylation sites (tertiary alicyclic amines) is 1. The van der Waals surface area contributed by atoms with E-state index in [1.54, 1.807) is 68.1 Å². The van der Waals surface area contributed by atoms with Gasteiger partial charge in [0, 0.05) is 37.2 Å². The van der Waals surface area contributed by atoms with Gasteiger partial charge in [0.2, 0.25) is 5.91 Å². The van der Waals surface area contributed by atoms with Gasteiger partial charge in [-0.25, -0.2) is 9.18 Å². The summed E-state index contributed by atoms with van der Waals surface area (Å²) in [5.74, 6) is -0.230. The second kappa shape index (κ2) is 12.6. The van der Waals surface area contributed by atoms with E-state index in [0.717, 1.165) is 12.8 Å². The summed E-state index contributed by atoms with van der Waals surface area (Å²) in [5.41, 5.74) is 0.166. The molecule has 8 nitrogen and oxygen atoms in total. The number of amides is 3. The van der Waals surface area contributed by atoms with Gasteiger partial charge in [-0.2, -0.15) is 0 Å². The molecule has 9 heteroatoms. The van der Waals surface area contributed by atoms with Gasteiger partial charge in [-0.05, 0) is 69.9 Å². The summed E-state index contributed by atoms with van der Waals surface area (Å²) in [6.45, 7) is 6.10. The van der Waals surface area contributed by atoms with Crippen LogP contribution >= 0.6 is 0 Å². The lowest BCUT2D eigenvalue weighted by Gasteiger charge is -2.28. The molecule has 0 spiro atoms. The molecular formula is C28H36FN3O5. The maximum atomic E-state index is 14.3. The summed E-state index contributed by atoms with van der Waals surface area (Å²) < 4.78 is 24.9. The summed E-state index contributed by atoms with van der Waals surface area (Å²) in [7, 11) is 1.54. The number of halogens is 1. The van der Waals surface area contributed by atoms with Crippen molar-refractivity contribution >= 4 is 17.9 Å². The third kappa shape index (κ3) is 8.48. The first kappa shape index (κ1) is 28.0. The van der Waals surface area contributed by atoms with Gasteiger partial charge in [0.1, 0.15) is 17.2 Å². The molecule has 3 rings (SSSR count). The molecule has 1 aliphatic heterocycles. The Morgan fingerprint density at radius 1 is 1.14 bits per heavy atom. The van der Waals surface area contributed by atoms with Crippen LogP contribution in [0.2, 0.25) is 0 Å². The fraction of sp³-hybridized carbons (Fsp3) is 0.464. The molecule has 37 heavy (non-hydrogen) atoms. The zero-order valence-corrected chi connectivity index (χ0v) is 21.9. The van der Waals surface area contributed by atoms with E-state index in [1.165, 1.54) is 13.2 Å². The number of rotatable bonds is 9. The smallest absolute Gasteiger partial charge is 0.407 e. The van der Waals surface area contributed by atoms with Gasteiger partial charge in [0.25, 0.3) is 5.91 Å². The Labute approximate surface area is 217 Å². The minimum Gasteiger partial charge on any atom is -0.497 e. The average Bonchev–Trinajstić information content (AvgIpc) is 3.31. The lowest BCUT2D eigenvalue weighted by atomic mass is 10.0. The molecular weight excluding hydrogens is 477 g/mol. The van der Waals surface area contributed by atoms with Crippen LogP contribution < -0.4 is 15.4 Å². The van der Waals surface area contributed by atoms with Crippen LogP contribution in [0.1, 0.15) is 56.0 Å². The van der Waals surface area contributed by atoms with Crippen LogP contribution in [0.4, 0.5) is 9.18 Å². The number of methoxy groups -OCH3 is 1. The predicted molar refractivity (Wildman–Crippen MR) is 138 cm³/mol. The SMILES string of the molecule is COc1cccc(C(=O)NC[C@@H]2CCCN2C(=O)C[C@@H](Cc2ccccc2F)NC(=O)OC(C)(C)C)c1. The Bertz CT molecular complexity index is 1100. The maximum absolute atomic E-state index is 14.3. The highest BCUT2D eigenvalue weighted by Crippen LogP contribution is 2.20. The Hall–Kier alpha value is -3.62. The van der Waals surface area contributed by atoms with Crippen molar-refractivity contribution in [2.75, 3.05) is 20.2 Å². The van der Waals surface area contributed by atoms with Gasteiger partial charge >= 0.3 is 6.09 Å². The number of ether oxygens (including phenoxy) is 2. The van der Waals surface area contributed by atoms with Crippen LogP contribution in [0.3, 0.4) is 0 Å². The first-order valence-electron chi connectivity index (χ1n) is 12.5. The molecule has 0 unspecified atom stereocenters. The van der Waals surface area contributed by atoms with E-state index in [0.29, 0.717) is 30.0 Å². The molecule has 1 heterocycles. The fourth-order valence-electron chi connectivity index (χ4n) is 4.36. The van der Waals surface area contributed by atoms with Gasteiger partial charge < -0.3 is 25.0 Å². The van der Waals surface area contributed by atoms with Crippen molar-refractivity contribution in [1.29, 1.82) is 0 Å².